The fourth-order valence-electron chi connectivity index (χ4n) is 3.40. The molecule has 3 heterocycles. The van der Waals surface area contributed by atoms with E-state index in [4.69, 9.17) is 9.47 Å². The Bertz CT molecular complexity index is 765. The van der Waals surface area contributed by atoms with Crippen molar-refractivity contribution in [3.63, 3.8) is 0 Å². The molecule has 2 aromatic rings. The molecular weight excluding hydrogens is 339 g/mol. The first-order valence-corrected chi connectivity index (χ1v) is 8.73. The lowest BCUT2D eigenvalue weighted by Crippen LogP contribution is -2.50. The lowest BCUT2D eigenvalue weighted by molar-refractivity contribution is -0.181. The van der Waals surface area contributed by atoms with Crippen molar-refractivity contribution < 1.29 is 18.7 Å². The molecule has 2 aliphatic rings. The van der Waals surface area contributed by atoms with Gasteiger partial charge in [-0.3, -0.25) is 0 Å². The number of urea groups is 1. The van der Waals surface area contributed by atoms with Crippen LogP contribution >= 0.6 is 0 Å². The lowest BCUT2D eigenvalue weighted by atomic mass is 10.0. The Morgan fingerprint density at radius 1 is 1.27 bits per heavy atom. The number of halogens is 1. The average molecular weight is 360 g/mol. The summed E-state index contributed by atoms with van der Waals surface area (Å²) in [7, 11) is 0. The smallest absolute Gasteiger partial charge is 0.317 e. The Kier molecular flexibility index (Phi) is 4.60. The van der Waals surface area contributed by atoms with Crippen LogP contribution in [0.25, 0.3) is 5.69 Å². The van der Waals surface area contributed by atoms with Gasteiger partial charge in [-0.05, 0) is 17.7 Å². The number of aromatic nitrogens is 2. The summed E-state index contributed by atoms with van der Waals surface area (Å²) < 4.78 is 27.2. The minimum absolute atomic E-state index is 0.156. The first kappa shape index (κ1) is 17.0. The zero-order valence-corrected chi connectivity index (χ0v) is 14.4. The third-order valence-electron chi connectivity index (χ3n) is 4.86. The maximum Gasteiger partial charge on any atom is 0.317 e. The molecule has 4 rings (SSSR count). The second-order valence-corrected chi connectivity index (χ2v) is 6.51. The number of hydrogen-bond donors (Lipinski definition) is 1. The fraction of sp³-hybridized carbons (Fsp3) is 0.444. The SMILES string of the molecule is O=C(NCc1ccc(-n2ccnc2)c(F)c1)N1CCC2(CC1)OCCO2. The Morgan fingerprint density at radius 2 is 2.04 bits per heavy atom. The molecule has 2 fully saturated rings. The minimum atomic E-state index is -0.497. The van der Waals surface area contributed by atoms with Crippen molar-refractivity contribution in [1.82, 2.24) is 19.8 Å². The van der Waals surface area contributed by atoms with Crippen LogP contribution in [0, 0.1) is 5.82 Å². The van der Waals surface area contributed by atoms with Crippen LogP contribution in [-0.2, 0) is 16.0 Å². The van der Waals surface area contributed by atoms with Crippen molar-refractivity contribution in [3.8, 4) is 5.69 Å². The summed E-state index contributed by atoms with van der Waals surface area (Å²) in [6, 6.07) is 4.75. The van der Waals surface area contributed by atoms with Gasteiger partial charge in [-0.2, -0.15) is 0 Å². The molecular formula is C18H21FN4O3. The molecule has 7 nitrogen and oxygen atoms in total. The van der Waals surface area contributed by atoms with Gasteiger partial charge in [0.1, 0.15) is 5.82 Å². The van der Waals surface area contributed by atoms with E-state index in [9.17, 15) is 9.18 Å². The van der Waals surface area contributed by atoms with E-state index in [0.29, 0.717) is 50.4 Å². The summed E-state index contributed by atoms with van der Waals surface area (Å²) in [5, 5.41) is 2.85. The van der Waals surface area contributed by atoms with Gasteiger partial charge in [0, 0.05) is 44.9 Å². The van der Waals surface area contributed by atoms with Crippen LogP contribution in [0.5, 0.6) is 0 Å². The maximum absolute atomic E-state index is 14.3. The standard InChI is InChI=1S/C18H21FN4O3/c19-15-11-14(1-2-16(15)23-8-5-20-13-23)12-21-17(24)22-6-3-18(4-7-22)25-9-10-26-18/h1-2,5,8,11,13H,3-4,6-7,9-10,12H2,(H,21,24). The lowest BCUT2D eigenvalue weighted by Gasteiger charge is -2.37. The van der Waals surface area contributed by atoms with Crippen LogP contribution in [0.3, 0.4) is 0 Å². The van der Waals surface area contributed by atoms with E-state index < -0.39 is 5.79 Å². The van der Waals surface area contributed by atoms with Crippen molar-refractivity contribution in [2.24, 2.45) is 0 Å². The maximum atomic E-state index is 14.3. The molecule has 0 aliphatic carbocycles. The number of ether oxygens (including phenoxy) is 2. The van der Waals surface area contributed by atoms with Crippen LogP contribution in [0.4, 0.5) is 9.18 Å². The monoisotopic (exact) mass is 360 g/mol. The molecule has 26 heavy (non-hydrogen) atoms. The zero-order chi connectivity index (χ0) is 18.0. The first-order chi connectivity index (χ1) is 12.7. The molecule has 2 aliphatic heterocycles. The number of benzene rings is 1. The van der Waals surface area contributed by atoms with E-state index in [0.717, 1.165) is 0 Å². The van der Waals surface area contributed by atoms with E-state index in [1.54, 1.807) is 40.3 Å². The van der Waals surface area contributed by atoms with Gasteiger partial charge in [0.25, 0.3) is 0 Å². The summed E-state index contributed by atoms with van der Waals surface area (Å²) in [6.45, 7) is 2.67. The molecule has 0 radical (unpaired) electrons. The first-order valence-electron chi connectivity index (χ1n) is 8.73. The normalized spacial score (nSPS) is 19.0. The highest BCUT2D eigenvalue weighted by atomic mass is 19.1. The number of imidazole rings is 1. The molecule has 1 N–H and O–H groups in total. The Labute approximate surface area is 150 Å². The Hall–Kier alpha value is -2.45. The topological polar surface area (TPSA) is 68.6 Å². The molecule has 0 saturated carbocycles. The molecule has 138 valence electrons. The van der Waals surface area contributed by atoms with Crippen molar-refractivity contribution in [2.75, 3.05) is 26.3 Å². The summed E-state index contributed by atoms with van der Waals surface area (Å²) in [4.78, 5) is 18.0. The molecule has 2 saturated heterocycles. The van der Waals surface area contributed by atoms with Gasteiger partial charge >= 0.3 is 6.03 Å². The number of likely N-dealkylation sites (tertiary alicyclic amines) is 1. The number of carbonyl (C=O) groups is 1. The summed E-state index contributed by atoms with van der Waals surface area (Å²) in [5.74, 6) is -0.853. The second-order valence-electron chi connectivity index (χ2n) is 6.51. The molecule has 1 spiro atoms. The van der Waals surface area contributed by atoms with Gasteiger partial charge in [-0.1, -0.05) is 6.07 Å². The van der Waals surface area contributed by atoms with Gasteiger partial charge in [0.2, 0.25) is 0 Å². The molecule has 0 atom stereocenters. The van der Waals surface area contributed by atoms with Crippen LogP contribution in [-0.4, -0.2) is 52.6 Å². The number of nitrogens with one attached hydrogen (secondary N) is 1. The van der Waals surface area contributed by atoms with Gasteiger partial charge in [-0.25, -0.2) is 14.2 Å². The van der Waals surface area contributed by atoms with Gasteiger partial charge in [0.05, 0.1) is 25.2 Å². The number of amides is 2. The van der Waals surface area contributed by atoms with E-state index in [1.165, 1.54) is 6.07 Å². The molecule has 0 unspecified atom stereocenters. The second kappa shape index (κ2) is 7.05. The summed E-state index contributed by atoms with van der Waals surface area (Å²) in [5.41, 5.74) is 1.13. The molecule has 1 aromatic carbocycles. The predicted molar refractivity (Wildman–Crippen MR) is 91.2 cm³/mol. The van der Waals surface area contributed by atoms with Gasteiger partial charge in [0.15, 0.2) is 5.79 Å². The molecule has 1 aromatic heterocycles. The minimum Gasteiger partial charge on any atom is -0.347 e. The van der Waals surface area contributed by atoms with Crippen LogP contribution in [0.1, 0.15) is 18.4 Å². The van der Waals surface area contributed by atoms with Crippen molar-refractivity contribution >= 4 is 6.03 Å². The summed E-state index contributed by atoms with van der Waals surface area (Å²) in [6.07, 6.45) is 6.17. The predicted octanol–water partition coefficient (Wildman–Crippen LogP) is 2.06. The zero-order valence-electron chi connectivity index (χ0n) is 14.4. The van der Waals surface area contributed by atoms with E-state index in [1.807, 2.05) is 0 Å². The Morgan fingerprint density at radius 3 is 2.69 bits per heavy atom. The molecule has 8 heteroatoms. The van der Waals surface area contributed by atoms with Crippen LogP contribution in [0.15, 0.2) is 36.9 Å². The number of nitrogens with zero attached hydrogens (tertiary/aromatic N) is 3. The van der Waals surface area contributed by atoms with E-state index in [-0.39, 0.29) is 18.4 Å². The number of carbonyl (C=O) groups excluding carboxylic acids is 1. The third kappa shape index (κ3) is 3.42. The van der Waals surface area contributed by atoms with Gasteiger partial charge < -0.3 is 24.3 Å². The highest BCUT2D eigenvalue weighted by Gasteiger charge is 2.40. The van der Waals surface area contributed by atoms with E-state index in [2.05, 4.69) is 10.3 Å². The highest BCUT2D eigenvalue weighted by Crippen LogP contribution is 2.31. The third-order valence-corrected chi connectivity index (χ3v) is 4.86. The Balaban J connectivity index is 1.31. The van der Waals surface area contributed by atoms with E-state index >= 15 is 0 Å². The van der Waals surface area contributed by atoms with Crippen LogP contribution in [0.2, 0.25) is 0 Å². The fourth-order valence-corrected chi connectivity index (χ4v) is 3.40. The van der Waals surface area contributed by atoms with Gasteiger partial charge in [-0.15, -0.1) is 0 Å². The van der Waals surface area contributed by atoms with Crippen molar-refractivity contribution in [3.05, 3.63) is 48.3 Å². The van der Waals surface area contributed by atoms with Crippen LogP contribution < -0.4 is 5.32 Å². The number of hydrogen-bond acceptors (Lipinski definition) is 4. The quantitative estimate of drug-likeness (QED) is 0.910. The number of piperidine rings is 1. The largest absolute Gasteiger partial charge is 0.347 e. The molecule has 2 amide bonds. The number of rotatable bonds is 3. The molecule has 0 bridgehead atoms. The summed E-state index contributed by atoms with van der Waals surface area (Å²) >= 11 is 0. The average Bonchev–Trinajstić information content (AvgIpc) is 3.33. The van der Waals surface area contributed by atoms with Crippen molar-refractivity contribution in [2.45, 2.75) is 25.2 Å². The highest BCUT2D eigenvalue weighted by molar-refractivity contribution is 5.74. The van der Waals surface area contributed by atoms with Crippen molar-refractivity contribution in [1.29, 1.82) is 0 Å².